The summed E-state index contributed by atoms with van der Waals surface area (Å²) in [5.74, 6) is 1.25. The highest BCUT2D eigenvalue weighted by Gasteiger charge is 2.35. The minimum Gasteiger partial charge on any atom is -0.323 e. The Morgan fingerprint density at radius 3 is 2.48 bits per heavy atom. The van der Waals surface area contributed by atoms with E-state index in [0.29, 0.717) is 13.0 Å². The zero-order valence-corrected chi connectivity index (χ0v) is 18.3. The fourth-order valence-corrected chi connectivity index (χ4v) is 4.67. The third-order valence-electron chi connectivity index (χ3n) is 6.63. The molecule has 2 heterocycles. The summed E-state index contributed by atoms with van der Waals surface area (Å²) in [4.78, 5) is 20.0. The molecule has 1 fully saturated rings. The van der Waals surface area contributed by atoms with Gasteiger partial charge in [0.1, 0.15) is 5.82 Å². The van der Waals surface area contributed by atoms with Crippen LogP contribution in [0.2, 0.25) is 0 Å². The van der Waals surface area contributed by atoms with Gasteiger partial charge in [-0.15, -0.1) is 0 Å². The number of aryl methyl sites for hydroxylation is 2. The minimum atomic E-state index is 0.0730. The number of benzene rings is 3. The van der Waals surface area contributed by atoms with Gasteiger partial charge in [0.25, 0.3) is 0 Å². The van der Waals surface area contributed by atoms with Crippen LogP contribution in [0.25, 0.3) is 11.0 Å². The van der Waals surface area contributed by atoms with Gasteiger partial charge in [0.05, 0.1) is 11.0 Å². The van der Waals surface area contributed by atoms with E-state index in [2.05, 4.69) is 79.9 Å². The van der Waals surface area contributed by atoms with Crippen LogP contribution < -0.4 is 4.90 Å². The first-order valence-corrected chi connectivity index (χ1v) is 10.9. The van der Waals surface area contributed by atoms with Crippen molar-refractivity contribution in [3.8, 4) is 0 Å². The molecule has 5 rings (SSSR count). The van der Waals surface area contributed by atoms with Gasteiger partial charge in [-0.25, -0.2) is 4.98 Å². The summed E-state index contributed by atoms with van der Waals surface area (Å²) < 4.78 is 2.31. The highest BCUT2D eigenvalue weighted by Crippen LogP contribution is 2.35. The molecular formula is C27H27N3O. The monoisotopic (exact) mass is 409 g/mol. The smallest absolute Gasteiger partial charge is 0.227 e. The standard InChI is InChI=1S/C27H27N3O/c1-18-10-8-14-24(20(18)3)29-17-22(15-26(29)31)27-28-23-12-6-7-13-25(23)30(27)16-21-11-5-4-9-19(21)2/h4-14,22H,15-17H2,1-3H3. The van der Waals surface area contributed by atoms with Gasteiger partial charge in [0.2, 0.25) is 5.91 Å². The second-order valence-corrected chi connectivity index (χ2v) is 8.60. The number of hydrogen-bond acceptors (Lipinski definition) is 2. The van der Waals surface area contributed by atoms with Crippen molar-refractivity contribution in [1.29, 1.82) is 0 Å². The van der Waals surface area contributed by atoms with E-state index >= 15 is 0 Å². The maximum Gasteiger partial charge on any atom is 0.227 e. The molecule has 0 aliphatic carbocycles. The quantitative estimate of drug-likeness (QED) is 0.444. The average Bonchev–Trinajstić information content (AvgIpc) is 3.32. The Balaban J connectivity index is 1.55. The van der Waals surface area contributed by atoms with E-state index in [1.54, 1.807) is 0 Å². The zero-order chi connectivity index (χ0) is 21.5. The van der Waals surface area contributed by atoms with Crippen molar-refractivity contribution in [2.75, 3.05) is 11.4 Å². The minimum absolute atomic E-state index is 0.0730. The first-order chi connectivity index (χ1) is 15.0. The number of carbonyl (C=O) groups is 1. The van der Waals surface area contributed by atoms with E-state index in [1.807, 2.05) is 17.0 Å². The van der Waals surface area contributed by atoms with Crippen molar-refractivity contribution in [3.63, 3.8) is 0 Å². The van der Waals surface area contributed by atoms with Gasteiger partial charge in [-0.05, 0) is 61.2 Å². The average molecular weight is 410 g/mol. The van der Waals surface area contributed by atoms with E-state index in [9.17, 15) is 4.79 Å². The van der Waals surface area contributed by atoms with Gasteiger partial charge in [-0.1, -0.05) is 48.5 Å². The summed E-state index contributed by atoms with van der Waals surface area (Å²) in [5, 5.41) is 0. The number of imidazole rings is 1. The maximum absolute atomic E-state index is 13.0. The summed E-state index contributed by atoms with van der Waals surface area (Å²) in [6.45, 7) is 7.77. The Bertz CT molecular complexity index is 1290. The van der Waals surface area contributed by atoms with Crippen LogP contribution in [-0.2, 0) is 11.3 Å². The summed E-state index contributed by atoms with van der Waals surface area (Å²) in [6, 6.07) is 22.9. The van der Waals surface area contributed by atoms with Gasteiger partial charge in [0, 0.05) is 31.1 Å². The molecule has 1 aromatic heterocycles. The molecular weight excluding hydrogens is 382 g/mol. The predicted molar refractivity (Wildman–Crippen MR) is 126 cm³/mol. The molecule has 0 saturated carbocycles. The molecule has 0 N–H and O–H groups in total. The number of para-hydroxylation sites is 2. The number of rotatable bonds is 4. The lowest BCUT2D eigenvalue weighted by Crippen LogP contribution is -2.25. The maximum atomic E-state index is 13.0. The van der Waals surface area contributed by atoms with E-state index in [-0.39, 0.29) is 11.8 Å². The van der Waals surface area contributed by atoms with Crippen molar-refractivity contribution in [2.45, 2.75) is 39.7 Å². The van der Waals surface area contributed by atoms with Crippen LogP contribution in [0.1, 0.15) is 40.4 Å². The molecule has 1 aliphatic rings. The SMILES string of the molecule is Cc1ccccc1Cn1c(C2CC(=O)N(c3cccc(C)c3C)C2)nc2ccccc21. The fourth-order valence-electron chi connectivity index (χ4n) is 4.67. The largest absolute Gasteiger partial charge is 0.323 e. The molecule has 0 spiro atoms. The molecule has 1 atom stereocenters. The number of hydrogen-bond donors (Lipinski definition) is 0. The number of anilines is 1. The molecule has 0 radical (unpaired) electrons. The van der Waals surface area contributed by atoms with Crippen LogP contribution in [0.3, 0.4) is 0 Å². The van der Waals surface area contributed by atoms with E-state index in [1.165, 1.54) is 22.3 Å². The zero-order valence-electron chi connectivity index (χ0n) is 18.3. The van der Waals surface area contributed by atoms with Crippen molar-refractivity contribution in [2.24, 2.45) is 0 Å². The van der Waals surface area contributed by atoms with Crippen molar-refractivity contribution in [1.82, 2.24) is 9.55 Å². The highest BCUT2D eigenvalue weighted by atomic mass is 16.2. The molecule has 1 saturated heterocycles. The van der Waals surface area contributed by atoms with Gasteiger partial charge >= 0.3 is 0 Å². The highest BCUT2D eigenvalue weighted by molar-refractivity contribution is 5.97. The van der Waals surface area contributed by atoms with Crippen LogP contribution in [0.15, 0.2) is 66.7 Å². The number of amides is 1. The lowest BCUT2D eigenvalue weighted by molar-refractivity contribution is -0.117. The third-order valence-corrected chi connectivity index (χ3v) is 6.63. The topological polar surface area (TPSA) is 38.1 Å². The molecule has 4 nitrogen and oxygen atoms in total. The van der Waals surface area contributed by atoms with Crippen LogP contribution in [0.5, 0.6) is 0 Å². The molecule has 4 aromatic rings. The number of aromatic nitrogens is 2. The molecule has 1 unspecified atom stereocenters. The number of nitrogens with zero attached hydrogens (tertiary/aromatic N) is 3. The third kappa shape index (κ3) is 3.42. The van der Waals surface area contributed by atoms with Crippen LogP contribution in [0.4, 0.5) is 5.69 Å². The normalized spacial score (nSPS) is 16.4. The van der Waals surface area contributed by atoms with Crippen LogP contribution in [-0.4, -0.2) is 22.0 Å². The van der Waals surface area contributed by atoms with E-state index < -0.39 is 0 Å². The molecule has 0 bridgehead atoms. The second-order valence-electron chi connectivity index (χ2n) is 8.60. The molecule has 1 amide bonds. The van der Waals surface area contributed by atoms with E-state index in [0.717, 1.165) is 29.1 Å². The predicted octanol–water partition coefficient (Wildman–Crippen LogP) is 5.53. The summed E-state index contributed by atoms with van der Waals surface area (Å²) in [5.41, 5.74) is 8.06. The van der Waals surface area contributed by atoms with Crippen LogP contribution >= 0.6 is 0 Å². The number of carbonyl (C=O) groups excluding carboxylic acids is 1. The first-order valence-electron chi connectivity index (χ1n) is 10.9. The van der Waals surface area contributed by atoms with Gasteiger partial charge in [-0.3, -0.25) is 4.79 Å². The van der Waals surface area contributed by atoms with Crippen molar-refractivity contribution >= 4 is 22.6 Å². The lowest BCUT2D eigenvalue weighted by Gasteiger charge is -2.20. The van der Waals surface area contributed by atoms with Gasteiger partial charge in [0.15, 0.2) is 0 Å². The van der Waals surface area contributed by atoms with Gasteiger partial charge in [-0.2, -0.15) is 0 Å². The Kier molecular flexibility index (Phi) is 4.85. The first kappa shape index (κ1) is 19.6. The van der Waals surface area contributed by atoms with Crippen molar-refractivity contribution in [3.05, 3.63) is 94.8 Å². The van der Waals surface area contributed by atoms with Gasteiger partial charge < -0.3 is 9.47 Å². The molecule has 3 aromatic carbocycles. The summed E-state index contributed by atoms with van der Waals surface area (Å²) in [7, 11) is 0. The summed E-state index contributed by atoms with van der Waals surface area (Å²) in [6.07, 6.45) is 0.491. The number of fused-ring (bicyclic) bond motifs is 1. The Morgan fingerprint density at radius 2 is 1.65 bits per heavy atom. The Labute approximate surface area is 183 Å². The van der Waals surface area contributed by atoms with Crippen LogP contribution in [0, 0.1) is 20.8 Å². The Hall–Kier alpha value is -3.40. The summed E-state index contributed by atoms with van der Waals surface area (Å²) >= 11 is 0. The van der Waals surface area contributed by atoms with Crippen molar-refractivity contribution < 1.29 is 4.79 Å². The molecule has 156 valence electrons. The van der Waals surface area contributed by atoms with E-state index in [4.69, 9.17) is 4.98 Å². The fraction of sp³-hybridized carbons (Fsp3) is 0.259. The molecule has 1 aliphatic heterocycles. The lowest BCUT2D eigenvalue weighted by atomic mass is 10.1. The molecule has 4 heteroatoms. The Morgan fingerprint density at radius 1 is 0.903 bits per heavy atom. The second kappa shape index (κ2) is 7.69. The molecule has 31 heavy (non-hydrogen) atoms.